The highest BCUT2D eigenvalue weighted by Gasteiger charge is 2.27. The van der Waals surface area contributed by atoms with Crippen LogP contribution in [0.25, 0.3) is 0 Å². The van der Waals surface area contributed by atoms with Crippen molar-refractivity contribution in [2.24, 2.45) is 5.92 Å². The van der Waals surface area contributed by atoms with Crippen molar-refractivity contribution >= 4 is 11.8 Å². The van der Waals surface area contributed by atoms with E-state index in [1.54, 1.807) is 0 Å². The van der Waals surface area contributed by atoms with Crippen molar-refractivity contribution in [3.63, 3.8) is 0 Å². The molecule has 0 aromatic heterocycles. The number of Topliss-reactive ketones (excluding diaryl/α,β-unsaturated/α-hetero) is 1. The van der Waals surface area contributed by atoms with Crippen LogP contribution in [0.15, 0.2) is 0 Å². The molecule has 16 heavy (non-hydrogen) atoms. The lowest BCUT2D eigenvalue weighted by molar-refractivity contribution is -0.149. The summed E-state index contributed by atoms with van der Waals surface area (Å²) in [5, 5.41) is 12.0. The van der Waals surface area contributed by atoms with Gasteiger partial charge in [0, 0.05) is 13.0 Å². The highest BCUT2D eigenvalue weighted by molar-refractivity contribution is 5.88. The summed E-state index contributed by atoms with van der Waals surface area (Å²) in [7, 11) is 1.23. The second-order valence-electron chi connectivity index (χ2n) is 3.65. The van der Waals surface area contributed by atoms with E-state index in [1.807, 2.05) is 0 Å². The molecule has 1 rings (SSSR count). The molecule has 0 unspecified atom stereocenters. The smallest absolute Gasteiger partial charge is 0.311 e. The molecule has 1 saturated heterocycles. The maximum atomic E-state index is 11.7. The fraction of sp³-hybridized carbons (Fsp3) is 0.800. The van der Waals surface area contributed by atoms with E-state index in [0.29, 0.717) is 19.8 Å². The van der Waals surface area contributed by atoms with Crippen LogP contribution in [0.3, 0.4) is 0 Å². The van der Waals surface area contributed by atoms with Gasteiger partial charge in [-0.15, -0.1) is 0 Å². The van der Waals surface area contributed by atoms with Gasteiger partial charge in [-0.3, -0.25) is 9.59 Å². The molecule has 1 fully saturated rings. The quantitative estimate of drug-likeness (QED) is 0.573. The Balaban J connectivity index is 2.44. The third-order valence-corrected chi connectivity index (χ3v) is 2.51. The molecule has 0 aromatic carbocycles. The summed E-state index contributed by atoms with van der Waals surface area (Å²) in [6.07, 6.45) is -0.0236. The number of rotatable bonds is 5. The Kier molecular flexibility index (Phi) is 5.37. The number of carbonyl (C=O) groups is 2. The van der Waals surface area contributed by atoms with E-state index in [-0.39, 0.29) is 24.9 Å². The van der Waals surface area contributed by atoms with Gasteiger partial charge < -0.3 is 19.9 Å². The number of aliphatic hydroxyl groups excluding tert-OH is 1. The van der Waals surface area contributed by atoms with Gasteiger partial charge in [0.15, 0.2) is 5.78 Å². The van der Waals surface area contributed by atoms with Gasteiger partial charge in [0.1, 0.15) is 0 Å². The molecule has 0 radical (unpaired) electrons. The average molecular weight is 231 g/mol. The van der Waals surface area contributed by atoms with Crippen LogP contribution in [-0.2, 0) is 19.1 Å². The van der Waals surface area contributed by atoms with Crippen molar-refractivity contribution < 1.29 is 24.2 Å². The molecule has 2 atom stereocenters. The highest BCUT2D eigenvalue weighted by atomic mass is 16.5. The van der Waals surface area contributed by atoms with Gasteiger partial charge in [-0.1, -0.05) is 0 Å². The zero-order chi connectivity index (χ0) is 12.0. The number of carbonyl (C=O) groups excluding carboxylic acids is 2. The van der Waals surface area contributed by atoms with Gasteiger partial charge in [0.2, 0.25) is 0 Å². The SMILES string of the molecule is COC(=O)[C@@H](CO)CC(=O)[C@H]1COCCN1. The zero-order valence-corrected chi connectivity index (χ0v) is 9.27. The largest absolute Gasteiger partial charge is 0.469 e. The first-order chi connectivity index (χ1) is 7.69. The molecule has 0 bridgehead atoms. The minimum absolute atomic E-state index is 0.0236. The van der Waals surface area contributed by atoms with Crippen LogP contribution in [0.1, 0.15) is 6.42 Å². The molecule has 1 heterocycles. The molecule has 0 amide bonds. The summed E-state index contributed by atoms with van der Waals surface area (Å²) in [6, 6.07) is -0.382. The van der Waals surface area contributed by atoms with Crippen LogP contribution in [0.2, 0.25) is 0 Å². The molecule has 1 aliphatic rings. The maximum absolute atomic E-state index is 11.7. The summed E-state index contributed by atoms with van der Waals surface area (Å²) < 4.78 is 9.63. The first kappa shape index (κ1) is 13.1. The van der Waals surface area contributed by atoms with Gasteiger partial charge in [-0.25, -0.2) is 0 Å². The molecule has 0 aliphatic carbocycles. The van der Waals surface area contributed by atoms with Crippen LogP contribution in [0, 0.1) is 5.92 Å². The van der Waals surface area contributed by atoms with Crippen LogP contribution >= 0.6 is 0 Å². The molecule has 0 saturated carbocycles. The number of ether oxygens (including phenoxy) is 2. The van der Waals surface area contributed by atoms with E-state index in [2.05, 4.69) is 10.1 Å². The third kappa shape index (κ3) is 3.55. The monoisotopic (exact) mass is 231 g/mol. The number of morpholine rings is 1. The Morgan fingerprint density at radius 1 is 1.62 bits per heavy atom. The molecule has 2 N–H and O–H groups in total. The number of ketones is 1. The van der Waals surface area contributed by atoms with Gasteiger partial charge >= 0.3 is 5.97 Å². The Bertz CT molecular complexity index is 250. The molecular weight excluding hydrogens is 214 g/mol. The van der Waals surface area contributed by atoms with Crippen LogP contribution in [0.4, 0.5) is 0 Å². The predicted molar refractivity (Wildman–Crippen MR) is 54.8 cm³/mol. The lowest BCUT2D eigenvalue weighted by atomic mass is 9.99. The second-order valence-corrected chi connectivity index (χ2v) is 3.65. The fourth-order valence-electron chi connectivity index (χ4n) is 1.55. The van der Waals surface area contributed by atoms with Gasteiger partial charge in [-0.05, 0) is 0 Å². The van der Waals surface area contributed by atoms with E-state index in [1.165, 1.54) is 7.11 Å². The topological polar surface area (TPSA) is 84.9 Å². The Hall–Kier alpha value is -0.980. The predicted octanol–water partition coefficient (Wildman–Crippen LogP) is -1.28. The fourth-order valence-corrected chi connectivity index (χ4v) is 1.55. The molecule has 6 nitrogen and oxygen atoms in total. The van der Waals surface area contributed by atoms with Crippen LogP contribution in [0.5, 0.6) is 0 Å². The first-order valence-electron chi connectivity index (χ1n) is 5.21. The number of hydrogen-bond acceptors (Lipinski definition) is 6. The number of hydrogen-bond donors (Lipinski definition) is 2. The third-order valence-electron chi connectivity index (χ3n) is 2.51. The van der Waals surface area contributed by atoms with Crippen molar-refractivity contribution in [2.75, 3.05) is 33.5 Å². The molecule has 92 valence electrons. The summed E-state index contributed by atoms with van der Waals surface area (Å²) >= 11 is 0. The van der Waals surface area contributed by atoms with E-state index in [0.717, 1.165) is 0 Å². The molecular formula is C10H17NO5. The van der Waals surface area contributed by atoms with E-state index in [4.69, 9.17) is 9.84 Å². The second kappa shape index (κ2) is 6.57. The van der Waals surface area contributed by atoms with Gasteiger partial charge in [0.05, 0.1) is 38.9 Å². The Morgan fingerprint density at radius 2 is 2.38 bits per heavy atom. The van der Waals surface area contributed by atoms with Crippen molar-refractivity contribution in [2.45, 2.75) is 12.5 Å². The lowest BCUT2D eigenvalue weighted by Gasteiger charge is -2.23. The van der Waals surface area contributed by atoms with E-state index < -0.39 is 11.9 Å². The van der Waals surface area contributed by atoms with E-state index in [9.17, 15) is 9.59 Å². The minimum atomic E-state index is -0.777. The van der Waals surface area contributed by atoms with Gasteiger partial charge in [0.25, 0.3) is 0 Å². The molecule has 0 spiro atoms. The standard InChI is InChI=1S/C10H17NO5/c1-15-10(14)7(5-12)4-9(13)8-6-16-3-2-11-8/h7-8,11-12H,2-6H2,1H3/t7-,8-/m1/s1. The Labute approximate surface area is 93.9 Å². The maximum Gasteiger partial charge on any atom is 0.311 e. The van der Waals surface area contributed by atoms with Crippen molar-refractivity contribution in [1.29, 1.82) is 0 Å². The number of methoxy groups -OCH3 is 1. The van der Waals surface area contributed by atoms with Crippen molar-refractivity contribution in [3.05, 3.63) is 0 Å². The van der Waals surface area contributed by atoms with Crippen molar-refractivity contribution in [3.8, 4) is 0 Å². The van der Waals surface area contributed by atoms with Crippen molar-refractivity contribution in [1.82, 2.24) is 5.32 Å². The molecule has 0 aromatic rings. The Morgan fingerprint density at radius 3 is 2.88 bits per heavy atom. The average Bonchev–Trinajstić information content (AvgIpc) is 2.35. The van der Waals surface area contributed by atoms with Crippen LogP contribution in [-0.4, -0.2) is 56.4 Å². The van der Waals surface area contributed by atoms with Crippen LogP contribution < -0.4 is 5.32 Å². The number of esters is 1. The summed E-state index contributed by atoms with van der Waals surface area (Å²) in [6.45, 7) is 1.15. The van der Waals surface area contributed by atoms with E-state index >= 15 is 0 Å². The molecule has 6 heteroatoms. The first-order valence-corrected chi connectivity index (χ1v) is 5.21. The lowest BCUT2D eigenvalue weighted by Crippen LogP contribution is -2.47. The highest BCUT2D eigenvalue weighted by Crippen LogP contribution is 2.08. The summed E-state index contributed by atoms with van der Waals surface area (Å²) in [5.74, 6) is -1.47. The number of nitrogens with one attached hydrogen (secondary N) is 1. The zero-order valence-electron chi connectivity index (χ0n) is 9.27. The summed E-state index contributed by atoms with van der Waals surface area (Å²) in [4.78, 5) is 22.9. The van der Waals surface area contributed by atoms with Gasteiger partial charge in [-0.2, -0.15) is 0 Å². The normalized spacial score (nSPS) is 22.5. The summed E-state index contributed by atoms with van der Waals surface area (Å²) in [5.41, 5.74) is 0. The number of aliphatic hydroxyl groups is 1. The minimum Gasteiger partial charge on any atom is -0.469 e. The molecule has 1 aliphatic heterocycles.